The Balaban J connectivity index is 1.85. The summed E-state index contributed by atoms with van der Waals surface area (Å²) in [5.74, 6) is 0.375. The number of fused-ring (bicyclic) bond motifs is 1. The molecule has 0 aliphatic heterocycles. The van der Waals surface area contributed by atoms with E-state index >= 15 is 0 Å². The first-order valence-corrected chi connectivity index (χ1v) is 11.2. The van der Waals surface area contributed by atoms with Crippen LogP contribution >= 0.6 is 43.2 Å². The van der Waals surface area contributed by atoms with Crippen LogP contribution in [0.5, 0.6) is 5.75 Å². The monoisotopic (exact) mass is 526 g/mol. The number of hydrogen-bond donors (Lipinski definition) is 2. The SMILES string of the molecule is COc1c(Br)cc(Br)cc1/C=C/C(=O)Nc1sc2c(c1C(N)=O)CC[C@H](C)C2. The fourth-order valence-electron chi connectivity index (χ4n) is 3.34. The summed E-state index contributed by atoms with van der Waals surface area (Å²) < 4.78 is 7.02. The lowest BCUT2D eigenvalue weighted by Crippen LogP contribution is -2.18. The lowest BCUT2D eigenvalue weighted by molar-refractivity contribution is -0.111. The van der Waals surface area contributed by atoms with Crippen LogP contribution in [-0.2, 0) is 17.6 Å². The average molecular weight is 528 g/mol. The predicted octanol–water partition coefficient (Wildman–Crippen LogP) is 5.16. The topological polar surface area (TPSA) is 81.4 Å². The Labute approximate surface area is 184 Å². The van der Waals surface area contributed by atoms with Gasteiger partial charge >= 0.3 is 0 Å². The van der Waals surface area contributed by atoms with Gasteiger partial charge in [-0.25, -0.2) is 0 Å². The molecule has 1 heterocycles. The zero-order valence-corrected chi connectivity index (χ0v) is 19.5. The molecule has 5 nitrogen and oxygen atoms in total. The number of ether oxygens (including phenoxy) is 1. The second kappa shape index (κ2) is 8.80. The number of hydrogen-bond acceptors (Lipinski definition) is 4. The van der Waals surface area contributed by atoms with Gasteiger partial charge in [0, 0.05) is 21.0 Å². The van der Waals surface area contributed by atoms with Crippen LogP contribution in [0.2, 0.25) is 0 Å². The Morgan fingerprint density at radius 3 is 2.79 bits per heavy atom. The van der Waals surface area contributed by atoms with Crippen LogP contribution in [0.15, 0.2) is 27.2 Å². The molecular formula is C20H20Br2N2O3S. The van der Waals surface area contributed by atoms with E-state index < -0.39 is 5.91 Å². The number of benzene rings is 1. The molecule has 0 fully saturated rings. The highest BCUT2D eigenvalue weighted by Gasteiger charge is 2.26. The van der Waals surface area contributed by atoms with Crippen LogP contribution in [0.1, 0.15) is 39.7 Å². The number of thiophene rings is 1. The van der Waals surface area contributed by atoms with E-state index in [0.29, 0.717) is 22.2 Å². The summed E-state index contributed by atoms with van der Waals surface area (Å²) in [6.07, 6.45) is 5.84. The van der Waals surface area contributed by atoms with E-state index in [0.717, 1.165) is 44.2 Å². The van der Waals surface area contributed by atoms with Crippen LogP contribution in [0.3, 0.4) is 0 Å². The van der Waals surface area contributed by atoms with Crippen molar-refractivity contribution in [1.82, 2.24) is 0 Å². The minimum absolute atomic E-state index is 0.327. The number of primary amides is 1. The third-order valence-electron chi connectivity index (χ3n) is 4.65. The maximum Gasteiger partial charge on any atom is 0.251 e. The summed E-state index contributed by atoms with van der Waals surface area (Å²) in [6, 6.07) is 3.72. The van der Waals surface area contributed by atoms with Gasteiger partial charge in [0.15, 0.2) is 0 Å². The fourth-order valence-corrected chi connectivity index (χ4v) is 6.18. The second-order valence-electron chi connectivity index (χ2n) is 6.75. The van der Waals surface area contributed by atoms with Crippen molar-refractivity contribution in [3.63, 3.8) is 0 Å². The van der Waals surface area contributed by atoms with Crippen molar-refractivity contribution in [2.45, 2.75) is 26.2 Å². The number of rotatable bonds is 5. The van der Waals surface area contributed by atoms with Gasteiger partial charge in [-0.1, -0.05) is 22.9 Å². The van der Waals surface area contributed by atoms with Gasteiger partial charge in [-0.15, -0.1) is 11.3 Å². The van der Waals surface area contributed by atoms with Crippen molar-refractivity contribution in [2.75, 3.05) is 12.4 Å². The summed E-state index contributed by atoms with van der Waals surface area (Å²) in [5, 5.41) is 3.36. The summed E-state index contributed by atoms with van der Waals surface area (Å²) in [5.41, 5.74) is 7.79. The van der Waals surface area contributed by atoms with Crippen molar-refractivity contribution in [3.05, 3.63) is 48.7 Å². The van der Waals surface area contributed by atoms with Gasteiger partial charge < -0.3 is 15.8 Å². The highest BCUT2D eigenvalue weighted by molar-refractivity contribution is 9.11. The van der Waals surface area contributed by atoms with Crippen molar-refractivity contribution < 1.29 is 14.3 Å². The highest BCUT2D eigenvalue weighted by atomic mass is 79.9. The van der Waals surface area contributed by atoms with Gasteiger partial charge in [0.25, 0.3) is 5.91 Å². The van der Waals surface area contributed by atoms with Gasteiger partial charge in [0.1, 0.15) is 10.8 Å². The van der Waals surface area contributed by atoms with Crippen molar-refractivity contribution in [2.24, 2.45) is 11.7 Å². The minimum atomic E-state index is -0.496. The van der Waals surface area contributed by atoms with Crippen molar-refractivity contribution in [1.29, 1.82) is 0 Å². The molecule has 0 bridgehead atoms. The number of nitrogens with one attached hydrogen (secondary N) is 1. The van der Waals surface area contributed by atoms with E-state index in [2.05, 4.69) is 44.1 Å². The van der Waals surface area contributed by atoms with Gasteiger partial charge in [-0.2, -0.15) is 0 Å². The quantitative estimate of drug-likeness (QED) is 0.527. The predicted molar refractivity (Wildman–Crippen MR) is 120 cm³/mol. The number of amides is 2. The molecule has 0 saturated carbocycles. The number of nitrogens with two attached hydrogens (primary N) is 1. The van der Waals surface area contributed by atoms with E-state index in [4.69, 9.17) is 10.5 Å². The van der Waals surface area contributed by atoms with Crippen LogP contribution < -0.4 is 15.8 Å². The average Bonchev–Trinajstić information content (AvgIpc) is 2.96. The Hall–Kier alpha value is -1.64. The number of halogens is 2. The molecule has 1 aliphatic rings. The maximum atomic E-state index is 12.5. The Morgan fingerprint density at radius 2 is 2.11 bits per heavy atom. The first-order chi connectivity index (χ1) is 13.3. The standard InChI is InChI=1S/C20H20Br2N2O3S/c1-10-3-5-13-15(7-10)28-20(17(13)19(23)26)24-16(25)6-4-11-8-12(21)9-14(22)18(11)27-2/h4,6,8-10H,3,5,7H2,1-2H3,(H2,23,26)(H,24,25)/b6-4+/t10-/m0/s1. The van der Waals surface area contributed by atoms with E-state index in [1.165, 1.54) is 17.4 Å². The van der Waals surface area contributed by atoms with E-state index in [-0.39, 0.29) is 5.91 Å². The molecule has 0 unspecified atom stereocenters. The summed E-state index contributed by atoms with van der Waals surface area (Å²) in [6.45, 7) is 2.19. The zero-order valence-electron chi connectivity index (χ0n) is 15.5. The van der Waals surface area contributed by atoms with Crippen molar-refractivity contribution in [3.8, 4) is 5.75 Å². The van der Waals surface area contributed by atoms with Gasteiger partial charge in [-0.05, 0) is 64.9 Å². The molecule has 3 rings (SSSR count). The Bertz CT molecular complexity index is 969. The molecule has 1 atom stereocenters. The summed E-state index contributed by atoms with van der Waals surface area (Å²) in [4.78, 5) is 25.6. The molecule has 28 heavy (non-hydrogen) atoms. The molecule has 8 heteroatoms. The Morgan fingerprint density at radius 1 is 1.36 bits per heavy atom. The first-order valence-electron chi connectivity index (χ1n) is 8.76. The number of carbonyl (C=O) groups is 2. The van der Waals surface area contributed by atoms with Gasteiger partial charge in [0.05, 0.1) is 17.1 Å². The maximum absolute atomic E-state index is 12.5. The fraction of sp³-hybridized carbons (Fsp3) is 0.300. The summed E-state index contributed by atoms with van der Waals surface area (Å²) in [7, 11) is 1.57. The van der Waals surface area contributed by atoms with Crippen LogP contribution in [0, 0.1) is 5.92 Å². The molecule has 148 valence electrons. The highest BCUT2D eigenvalue weighted by Crippen LogP contribution is 2.39. The van der Waals surface area contributed by atoms with E-state index in [1.807, 2.05) is 12.1 Å². The van der Waals surface area contributed by atoms with Crippen LogP contribution in [0.4, 0.5) is 5.00 Å². The van der Waals surface area contributed by atoms with Gasteiger partial charge in [0.2, 0.25) is 5.91 Å². The molecule has 0 saturated heterocycles. The van der Waals surface area contributed by atoms with E-state index in [9.17, 15) is 9.59 Å². The van der Waals surface area contributed by atoms with Crippen LogP contribution in [-0.4, -0.2) is 18.9 Å². The number of anilines is 1. The van der Waals surface area contributed by atoms with Gasteiger partial charge in [-0.3, -0.25) is 9.59 Å². The lowest BCUT2D eigenvalue weighted by Gasteiger charge is -2.18. The molecule has 1 aromatic heterocycles. The second-order valence-corrected chi connectivity index (χ2v) is 9.63. The lowest BCUT2D eigenvalue weighted by atomic mass is 9.88. The summed E-state index contributed by atoms with van der Waals surface area (Å²) >= 11 is 8.32. The number of methoxy groups -OCH3 is 1. The molecule has 2 amide bonds. The molecule has 1 aromatic carbocycles. The van der Waals surface area contributed by atoms with E-state index in [1.54, 1.807) is 13.2 Å². The molecule has 3 N–H and O–H groups in total. The molecule has 0 radical (unpaired) electrons. The normalized spacial score (nSPS) is 16.1. The first kappa shape index (κ1) is 21.1. The third-order valence-corrected chi connectivity index (χ3v) is 6.87. The third kappa shape index (κ3) is 4.50. The molecule has 1 aliphatic carbocycles. The Kier molecular flexibility index (Phi) is 6.62. The molecule has 0 spiro atoms. The molecule has 2 aromatic rings. The van der Waals surface area contributed by atoms with Crippen LogP contribution in [0.25, 0.3) is 6.08 Å². The zero-order chi connectivity index (χ0) is 20.4. The minimum Gasteiger partial charge on any atom is -0.495 e. The largest absolute Gasteiger partial charge is 0.495 e. The smallest absolute Gasteiger partial charge is 0.251 e. The van der Waals surface area contributed by atoms with Crippen molar-refractivity contribution >= 4 is 66.1 Å². The molecular weight excluding hydrogens is 508 g/mol. The number of carbonyl (C=O) groups excluding carboxylic acids is 2.